The van der Waals surface area contributed by atoms with E-state index in [1.165, 1.54) is 27.7 Å². The Morgan fingerprint density at radius 1 is 1.13 bits per heavy atom. The zero-order valence-electron chi connectivity index (χ0n) is 9.31. The third kappa shape index (κ3) is 2.47. The van der Waals surface area contributed by atoms with Crippen molar-refractivity contribution in [1.82, 2.24) is 0 Å². The van der Waals surface area contributed by atoms with Crippen LogP contribution in [0, 0.1) is 17.8 Å². The molecule has 0 heterocycles. The van der Waals surface area contributed by atoms with Crippen LogP contribution >= 0.6 is 0 Å². The minimum Gasteiger partial charge on any atom is -0.550 e. The molecule has 15 heavy (non-hydrogen) atoms. The maximum Gasteiger partial charge on any atom is 0.114 e. The Bertz CT molecular complexity index is 259. The van der Waals surface area contributed by atoms with Gasteiger partial charge in [0.15, 0.2) is 0 Å². The largest absolute Gasteiger partial charge is 0.550 e. The van der Waals surface area contributed by atoms with Crippen LogP contribution in [0.3, 0.4) is 0 Å². The van der Waals surface area contributed by atoms with Gasteiger partial charge in [0, 0.05) is 11.9 Å². The third-order valence-electron chi connectivity index (χ3n) is 2.60. The fraction of sp³-hybridized carbons (Fsp3) is 0.800. The number of hydrogen-bond acceptors (Lipinski definition) is 5. The predicted octanol–water partition coefficient (Wildman–Crippen LogP) is -1.85. The highest BCUT2D eigenvalue weighted by molar-refractivity contribution is 5.84. The molecule has 0 radical (unpaired) electrons. The smallest absolute Gasteiger partial charge is 0.114 e. The third-order valence-corrected chi connectivity index (χ3v) is 2.60. The first-order valence-electron chi connectivity index (χ1n) is 4.80. The number of carboxylic acid groups (broad SMARTS) is 2. The molecule has 0 rings (SSSR count). The molecule has 0 bridgehead atoms. The van der Waals surface area contributed by atoms with Crippen LogP contribution in [-0.4, -0.2) is 22.6 Å². The van der Waals surface area contributed by atoms with Gasteiger partial charge in [0.1, 0.15) is 5.60 Å². The van der Waals surface area contributed by atoms with Crippen LogP contribution in [0.25, 0.3) is 0 Å². The molecule has 0 amide bonds. The lowest BCUT2D eigenvalue weighted by atomic mass is 9.73. The van der Waals surface area contributed by atoms with Gasteiger partial charge in [-0.3, -0.25) is 0 Å². The molecule has 0 fully saturated rings. The summed E-state index contributed by atoms with van der Waals surface area (Å²) >= 11 is 0. The van der Waals surface area contributed by atoms with Crippen LogP contribution in [0.1, 0.15) is 27.7 Å². The topological polar surface area (TPSA) is 100 Å². The number of aliphatic hydroxyl groups is 1. The Morgan fingerprint density at radius 3 is 1.60 bits per heavy atom. The molecule has 0 saturated heterocycles. The van der Waals surface area contributed by atoms with E-state index >= 15 is 0 Å². The summed E-state index contributed by atoms with van der Waals surface area (Å²) in [4.78, 5) is 21.7. The second-order valence-electron chi connectivity index (χ2n) is 4.31. The van der Waals surface area contributed by atoms with E-state index in [0.717, 1.165) is 0 Å². The molecule has 0 aliphatic rings. The predicted molar refractivity (Wildman–Crippen MR) is 48.1 cm³/mol. The highest BCUT2D eigenvalue weighted by Crippen LogP contribution is 2.31. The van der Waals surface area contributed by atoms with Crippen LogP contribution in [0.15, 0.2) is 0 Å². The lowest BCUT2D eigenvalue weighted by Crippen LogP contribution is -2.62. The van der Waals surface area contributed by atoms with Crippen molar-refractivity contribution in [3.05, 3.63) is 0 Å². The molecule has 0 aliphatic heterocycles. The Morgan fingerprint density at radius 2 is 1.53 bits per heavy atom. The van der Waals surface area contributed by atoms with Crippen molar-refractivity contribution in [3.63, 3.8) is 0 Å². The van der Waals surface area contributed by atoms with Crippen LogP contribution in [0.5, 0.6) is 0 Å². The summed E-state index contributed by atoms with van der Waals surface area (Å²) in [5.74, 6) is -6.17. The molecule has 5 heteroatoms. The fourth-order valence-electron chi connectivity index (χ4n) is 1.68. The van der Waals surface area contributed by atoms with Gasteiger partial charge in [0.25, 0.3) is 0 Å². The van der Waals surface area contributed by atoms with Crippen LogP contribution in [0.4, 0.5) is 0 Å². The van der Waals surface area contributed by atoms with E-state index in [9.17, 15) is 24.9 Å². The fourth-order valence-corrected chi connectivity index (χ4v) is 1.68. The molecule has 0 spiro atoms. The summed E-state index contributed by atoms with van der Waals surface area (Å²) < 4.78 is 0. The molecule has 0 saturated carbocycles. The summed E-state index contributed by atoms with van der Waals surface area (Å²) in [7, 11) is 0. The lowest BCUT2D eigenvalue weighted by molar-refractivity contribution is -0.346. The number of rotatable bonds is 5. The van der Waals surface area contributed by atoms with E-state index in [2.05, 4.69) is 0 Å². The van der Waals surface area contributed by atoms with Crippen LogP contribution < -0.4 is 10.2 Å². The van der Waals surface area contributed by atoms with E-state index in [-0.39, 0.29) is 0 Å². The standard InChI is InChI=1S/C10H18O5/c1-5(2)7(8(11)12)10(15,6(3)4)9(13)14/h5-7,15H,1-4H3,(H,11,12)(H,13,14)/p-2. The van der Waals surface area contributed by atoms with Gasteiger partial charge in [-0.1, -0.05) is 27.7 Å². The van der Waals surface area contributed by atoms with Gasteiger partial charge in [-0.15, -0.1) is 0 Å². The SMILES string of the molecule is CC(C)C(C(=O)[O-])C(O)(C(=O)[O-])C(C)C. The maximum absolute atomic E-state index is 10.9. The molecular weight excluding hydrogens is 200 g/mol. The molecular formula is C10H16O5-2. The van der Waals surface area contributed by atoms with Crippen LogP contribution in [0.2, 0.25) is 0 Å². The van der Waals surface area contributed by atoms with Gasteiger partial charge in [-0.2, -0.15) is 0 Å². The van der Waals surface area contributed by atoms with Gasteiger partial charge in [0.05, 0.1) is 5.97 Å². The van der Waals surface area contributed by atoms with E-state index in [1.54, 1.807) is 0 Å². The summed E-state index contributed by atoms with van der Waals surface area (Å²) in [5.41, 5.74) is -2.40. The lowest BCUT2D eigenvalue weighted by Gasteiger charge is -2.42. The van der Waals surface area contributed by atoms with Crippen molar-refractivity contribution in [1.29, 1.82) is 0 Å². The normalized spacial score (nSPS) is 17.5. The van der Waals surface area contributed by atoms with Crippen molar-refractivity contribution >= 4 is 11.9 Å². The van der Waals surface area contributed by atoms with Crippen molar-refractivity contribution in [3.8, 4) is 0 Å². The highest BCUT2D eigenvalue weighted by atomic mass is 16.4. The Kier molecular flexibility index (Phi) is 4.27. The van der Waals surface area contributed by atoms with Gasteiger partial charge in [-0.25, -0.2) is 0 Å². The quantitative estimate of drug-likeness (QED) is 0.581. The minimum absolute atomic E-state index is 0.555. The summed E-state index contributed by atoms with van der Waals surface area (Å²) in [6.07, 6.45) is 0. The average Bonchev–Trinajstić information content (AvgIpc) is 2.01. The van der Waals surface area contributed by atoms with Crippen molar-refractivity contribution in [2.45, 2.75) is 33.3 Å². The molecule has 0 aliphatic carbocycles. The Labute approximate surface area is 88.7 Å². The summed E-state index contributed by atoms with van der Waals surface area (Å²) in [6, 6.07) is 0. The van der Waals surface area contributed by atoms with Crippen molar-refractivity contribution in [2.75, 3.05) is 0 Å². The molecule has 1 N–H and O–H groups in total. The second kappa shape index (κ2) is 4.61. The van der Waals surface area contributed by atoms with E-state index in [4.69, 9.17) is 0 Å². The number of carbonyl (C=O) groups excluding carboxylic acids is 2. The van der Waals surface area contributed by atoms with E-state index < -0.39 is 35.3 Å². The second-order valence-corrected chi connectivity index (χ2v) is 4.31. The molecule has 0 aromatic rings. The Hall–Kier alpha value is -1.10. The molecule has 0 aromatic carbocycles. The van der Waals surface area contributed by atoms with Gasteiger partial charge in [0.2, 0.25) is 0 Å². The first-order valence-corrected chi connectivity index (χ1v) is 4.80. The molecule has 5 nitrogen and oxygen atoms in total. The first kappa shape index (κ1) is 13.9. The molecule has 0 aromatic heterocycles. The van der Waals surface area contributed by atoms with Gasteiger partial charge >= 0.3 is 0 Å². The van der Waals surface area contributed by atoms with Gasteiger partial charge < -0.3 is 24.9 Å². The maximum atomic E-state index is 10.9. The molecule has 2 atom stereocenters. The number of carbonyl (C=O) groups is 2. The Balaban J connectivity index is 5.39. The first-order chi connectivity index (χ1) is 6.65. The number of aliphatic carboxylic acids is 2. The van der Waals surface area contributed by atoms with E-state index in [1.807, 2.05) is 0 Å². The molecule has 88 valence electrons. The van der Waals surface area contributed by atoms with Crippen LogP contribution in [-0.2, 0) is 9.59 Å². The number of carboxylic acids is 2. The van der Waals surface area contributed by atoms with Crippen molar-refractivity contribution in [2.24, 2.45) is 17.8 Å². The van der Waals surface area contributed by atoms with Gasteiger partial charge in [-0.05, 0) is 11.8 Å². The summed E-state index contributed by atoms with van der Waals surface area (Å²) in [6.45, 7) is 5.87. The number of hydrogen-bond donors (Lipinski definition) is 1. The average molecular weight is 216 g/mol. The zero-order valence-corrected chi connectivity index (χ0v) is 9.31. The van der Waals surface area contributed by atoms with E-state index in [0.29, 0.717) is 0 Å². The highest BCUT2D eigenvalue weighted by Gasteiger charge is 2.43. The zero-order chi connectivity index (χ0) is 12.4. The minimum atomic E-state index is -2.40. The monoisotopic (exact) mass is 216 g/mol. The molecule has 2 unspecified atom stereocenters. The van der Waals surface area contributed by atoms with Crippen molar-refractivity contribution < 1.29 is 24.9 Å². The summed E-state index contributed by atoms with van der Waals surface area (Å²) in [5, 5.41) is 31.6.